The molecule has 2 rings (SSSR count). The van der Waals surface area contributed by atoms with E-state index in [-0.39, 0.29) is 18.5 Å². The molecule has 1 aromatic carbocycles. The number of alkyl halides is 3. The summed E-state index contributed by atoms with van der Waals surface area (Å²) in [5.74, 6) is -3.32. The highest BCUT2D eigenvalue weighted by Crippen LogP contribution is 2.31. The summed E-state index contributed by atoms with van der Waals surface area (Å²) >= 11 is 0. The van der Waals surface area contributed by atoms with Crippen LogP contribution in [0.1, 0.15) is 30.7 Å². The highest BCUT2D eigenvalue weighted by atomic mass is 19.4. The maximum atomic E-state index is 13.8. The summed E-state index contributed by atoms with van der Waals surface area (Å²) < 4.78 is 64.5. The van der Waals surface area contributed by atoms with Gasteiger partial charge < -0.3 is 10.6 Å². The minimum Gasteiger partial charge on any atom is -0.333 e. The molecule has 0 bridgehead atoms. The standard InChI is InChI=1S/C14H14F5NO.CH5N/c15-11-5-2-4-10(13(11)16)9-3-1-6-12(21)20(7-9)8-14(17,18)19;1-2/h2,4-5,9H,1,3,6-8H2;2H2,1H3/t9-;/m1./s1. The zero-order valence-electron chi connectivity index (χ0n) is 12.7. The van der Waals surface area contributed by atoms with E-state index in [2.05, 4.69) is 5.73 Å². The van der Waals surface area contributed by atoms with Gasteiger partial charge in [-0.25, -0.2) is 8.78 Å². The van der Waals surface area contributed by atoms with Crippen molar-refractivity contribution in [3.63, 3.8) is 0 Å². The van der Waals surface area contributed by atoms with Gasteiger partial charge in [0, 0.05) is 18.9 Å². The van der Waals surface area contributed by atoms with Gasteiger partial charge >= 0.3 is 6.18 Å². The molecule has 23 heavy (non-hydrogen) atoms. The van der Waals surface area contributed by atoms with Crippen molar-refractivity contribution < 1.29 is 26.7 Å². The van der Waals surface area contributed by atoms with Gasteiger partial charge in [0.05, 0.1) is 0 Å². The summed E-state index contributed by atoms with van der Waals surface area (Å²) in [6.07, 6.45) is -3.82. The van der Waals surface area contributed by atoms with E-state index in [4.69, 9.17) is 0 Å². The van der Waals surface area contributed by atoms with Gasteiger partial charge in [-0.3, -0.25) is 4.79 Å². The highest BCUT2D eigenvalue weighted by Gasteiger charge is 2.35. The molecule has 3 nitrogen and oxygen atoms in total. The van der Waals surface area contributed by atoms with Crippen molar-refractivity contribution in [2.75, 3.05) is 20.1 Å². The number of nitrogens with two attached hydrogens (primary N) is 1. The van der Waals surface area contributed by atoms with Gasteiger partial charge in [-0.15, -0.1) is 0 Å². The number of likely N-dealkylation sites (tertiary alicyclic amines) is 1. The maximum absolute atomic E-state index is 13.8. The predicted octanol–water partition coefficient (Wildman–Crippen LogP) is 3.20. The monoisotopic (exact) mass is 338 g/mol. The highest BCUT2D eigenvalue weighted by molar-refractivity contribution is 5.76. The minimum atomic E-state index is -4.51. The van der Waals surface area contributed by atoms with Gasteiger partial charge in [0.2, 0.25) is 5.91 Å². The normalized spacial score (nSPS) is 19.0. The van der Waals surface area contributed by atoms with Gasteiger partial charge in [-0.1, -0.05) is 12.1 Å². The van der Waals surface area contributed by atoms with Gasteiger partial charge in [0.25, 0.3) is 0 Å². The lowest BCUT2D eigenvalue weighted by molar-refractivity contribution is -0.160. The van der Waals surface area contributed by atoms with Crippen LogP contribution in [0.5, 0.6) is 0 Å². The summed E-state index contributed by atoms with van der Waals surface area (Å²) in [6, 6.07) is 3.62. The third-order valence-electron chi connectivity index (χ3n) is 3.53. The van der Waals surface area contributed by atoms with Crippen LogP contribution in [0.15, 0.2) is 18.2 Å². The Balaban J connectivity index is 0.00000127. The molecule has 0 spiro atoms. The molecular weight excluding hydrogens is 319 g/mol. The van der Waals surface area contributed by atoms with Gasteiger partial charge in [-0.05, 0) is 31.5 Å². The summed E-state index contributed by atoms with van der Waals surface area (Å²) in [5, 5.41) is 0. The number of amides is 1. The first-order chi connectivity index (χ1) is 10.8. The fourth-order valence-electron chi connectivity index (χ4n) is 2.58. The van der Waals surface area contributed by atoms with Crippen molar-refractivity contribution in [1.29, 1.82) is 0 Å². The van der Waals surface area contributed by atoms with E-state index in [1.165, 1.54) is 19.2 Å². The number of hydrogen-bond acceptors (Lipinski definition) is 2. The molecule has 1 aliphatic heterocycles. The Morgan fingerprint density at radius 3 is 2.52 bits per heavy atom. The lowest BCUT2D eigenvalue weighted by Crippen LogP contribution is -2.40. The topological polar surface area (TPSA) is 46.3 Å². The molecule has 0 radical (unpaired) electrons. The Bertz CT molecular complexity index is 533. The fourth-order valence-corrected chi connectivity index (χ4v) is 2.58. The Kier molecular flexibility index (Phi) is 6.93. The molecule has 8 heteroatoms. The summed E-state index contributed by atoms with van der Waals surface area (Å²) in [6.45, 7) is -1.61. The molecule has 1 aliphatic rings. The predicted molar refractivity (Wildman–Crippen MR) is 75.7 cm³/mol. The lowest BCUT2D eigenvalue weighted by atomic mass is 9.93. The third-order valence-corrected chi connectivity index (χ3v) is 3.53. The molecule has 2 N–H and O–H groups in total. The number of nitrogens with zero attached hydrogens (tertiary/aromatic N) is 1. The molecule has 1 aromatic rings. The van der Waals surface area contributed by atoms with Crippen molar-refractivity contribution in [2.24, 2.45) is 5.73 Å². The van der Waals surface area contributed by atoms with E-state index in [1.54, 1.807) is 0 Å². The zero-order chi connectivity index (χ0) is 17.6. The van der Waals surface area contributed by atoms with Crippen LogP contribution in [0.3, 0.4) is 0 Å². The second-order valence-corrected chi connectivity index (χ2v) is 5.12. The van der Waals surface area contributed by atoms with Crippen molar-refractivity contribution in [3.8, 4) is 0 Å². The first kappa shape index (κ1) is 19.3. The molecule has 0 aliphatic carbocycles. The molecule has 0 aromatic heterocycles. The Morgan fingerprint density at radius 1 is 1.26 bits per heavy atom. The van der Waals surface area contributed by atoms with Gasteiger partial charge in [0.15, 0.2) is 11.6 Å². The van der Waals surface area contributed by atoms with Crippen molar-refractivity contribution in [1.82, 2.24) is 4.90 Å². The second kappa shape index (κ2) is 8.24. The quantitative estimate of drug-likeness (QED) is 0.842. The van der Waals surface area contributed by atoms with Crippen molar-refractivity contribution in [2.45, 2.75) is 31.4 Å². The van der Waals surface area contributed by atoms with Crippen LogP contribution >= 0.6 is 0 Å². The molecule has 0 unspecified atom stereocenters. The average molecular weight is 338 g/mol. The van der Waals surface area contributed by atoms with Crippen LogP contribution in [0.2, 0.25) is 0 Å². The van der Waals surface area contributed by atoms with E-state index in [0.29, 0.717) is 17.7 Å². The van der Waals surface area contributed by atoms with Crippen LogP contribution in [-0.2, 0) is 4.79 Å². The minimum absolute atomic E-state index is 0.0104. The number of hydrogen-bond donors (Lipinski definition) is 1. The number of carbonyl (C=O) groups excluding carboxylic acids is 1. The largest absolute Gasteiger partial charge is 0.406 e. The first-order valence-corrected chi connectivity index (χ1v) is 7.14. The van der Waals surface area contributed by atoms with E-state index < -0.39 is 36.2 Å². The van der Waals surface area contributed by atoms with Crippen LogP contribution in [0, 0.1) is 11.6 Å². The van der Waals surface area contributed by atoms with Crippen LogP contribution in [-0.4, -0.2) is 37.1 Å². The SMILES string of the molecule is CN.O=C1CCC[C@@H](c2cccc(F)c2F)CN1CC(F)(F)F. The van der Waals surface area contributed by atoms with Crippen molar-refractivity contribution >= 4 is 5.91 Å². The van der Waals surface area contributed by atoms with E-state index in [0.717, 1.165) is 6.07 Å². The number of halogens is 5. The first-order valence-electron chi connectivity index (χ1n) is 7.14. The Morgan fingerprint density at radius 2 is 1.91 bits per heavy atom. The molecule has 1 fully saturated rings. The molecule has 1 heterocycles. The number of carbonyl (C=O) groups is 1. The lowest BCUT2D eigenvalue weighted by Gasteiger charge is -2.26. The van der Waals surface area contributed by atoms with Crippen LogP contribution in [0.4, 0.5) is 22.0 Å². The zero-order valence-corrected chi connectivity index (χ0v) is 12.7. The average Bonchev–Trinajstić information content (AvgIpc) is 2.65. The second-order valence-electron chi connectivity index (χ2n) is 5.12. The molecular formula is C15H19F5N2O. The molecule has 1 atom stereocenters. The van der Waals surface area contributed by atoms with E-state index >= 15 is 0 Å². The van der Waals surface area contributed by atoms with E-state index in [9.17, 15) is 26.7 Å². The Labute approximate surface area is 131 Å². The van der Waals surface area contributed by atoms with Crippen LogP contribution in [0.25, 0.3) is 0 Å². The number of rotatable bonds is 2. The smallest absolute Gasteiger partial charge is 0.333 e. The fraction of sp³-hybridized carbons (Fsp3) is 0.533. The van der Waals surface area contributed by atoms with E-state index in [1.807, 2.05) is 0 Å². The maximum Gasteiger partial charge on any atom is 0.406 e. The van der Waals surface area contributed by atoms with Gasteiger partial charge in [0.1, 0.15) is 6.54 Å². The van der Waals surface area contributed by atoms with Crippen LogP contribution < -0.4 is 5.73 Å². The summed E-state index contributed by atoms with van der Waals surface area (Å²) in [7, 11) is 1.50. The Hall–Kier alpha value is -1.70. The van der Waals surface area contributed by atoms with Crippen molar-refractivity contribution in [3.05, 3.63) is 35.4 Å². The number of benzene rings is 1. The summed E-state index contributed by atoms with van der Waals surface area (Å²) in [5.41, 5.74) is 4.52. The van der Waals surface area contributed by atoms with Gasteiger partial charge in [-0.2, -0.15) is 13.2 Å². The molecule has 1 saturated heterocycles. The molecule has 0 saturated carbocycles. The molecule has 1 amide bonds. The molecule has 130 valence electrons. The third kappa shape index (κ3) is 5.46. The summed E-state index contributed by atoms with van der Waals surface area (Å²) in [4.78, 5) is 12.4.